The van der Waals surface area contributed by atoms with E-state index >= 15 is 4.39 Å². The summed E-state index contributed by atoms with van der Waals surface area (Å²) in [5.41, 5.74) is -2.03. The Bertz CT molecular complexity index is 1320. The highest BCUT2D eigenvalue weighted by molar-refractivity contribution is 5.89. The second-order valence-corrected chi connectivity index (χ2v) is 9.89. The minimum absolute atomic E-state index is 0.00955. The molecule has 0 spiro atoms. The van der Waals surface area contributed by atoms with Gasteiger partial charge in [0, 0.05) is 38.7 Å². The number of aromatic nitrogens is 3. The highest BCUT2D eigenvalue weighted by Gasteiger charge is 2.49. The number of piperazine rings is 1. The molecule has 11 heteroatoms. The Kier molecular flexibility index (Phi) is 7.02. The number of carbonyl (C=O) groups is 1. The van der Waals surface area contributed by atoms with E-state index in [1.165, 1.54) is 12.1 Å². The molecular weight excluding hydrogens is 485 g/mol. The topological polar surface area (TPSA) is 94.5 Å². The zero-order valence-electron chi connectivity index (χ0n) is 21.5. The van der Waals surface area contributed by atoms with E-state index in [4.69, 9.17) is 0 Å². The molecule has 1 saturated heterocycles. The maximum absolute atomic E-state index is 15.3. The van der Waals surface area contributed by atoms with Crippen LogP contribution in [0.2, 0.25) is 0 Å². The molecule has 0 radical (unpaired) electrons. The molecule has 1 aromatic carbocycles. The Labute approximate surface area is 213 Å². The summed E-state index contributed by atoms with van der Waals surface area (Å²) in [7, 11) is 0. The highest BCUT2D eigenvalue weighted by Crippen LogP contribution is 2.41. The molecule has 3 aromatic rings. The molecule has 1 aliphatic rings. The van der Waals surface area contributed by atoms with Crippen LogP contribution >= 0.6 is 0 Å². The van der Waals surface area contributed by atoms with Gasteiger partial charge in [0.25, 0.3) is 0 Å². The third kappa shape index (κ3) is 5.18. The van der Waals surface area contributed by atoms with Crippen molar-refractivity contribution in [1.82, 2.24) is 19.9 Å². The van der Waals surface area contributed by atoms with E-state index in [1.54, 1.807) is 31.9 Å². The first-order valence-electron chi connectivity index (χ1n) is 12.1. The fraction of sp³-hybridized carbons (Fsp3) is 0.462. The third-order valence-electron chi connectivity index (χ3n) is 6.69. The zero-order chi connectivity index (χ0) is 27.1. The number of carbonyl (C=O) groups excluding carboxylic acids is 1. The van der Waals surface area contributed by atoms with Gasteiger partial charge < -0.3 is 20.2 Å². The predicted molar refractivity (Wildman–Crippen MR) is 135 cm³/mol. The molecule has 3 heterocycles. The third-order valence-corrected chi connectivity index (χ3v) is 6.69. The Morgan fingerprint density at radius 1 is 1.16 bits per heavy atom. The van der Waals surface area contributed by atoms with Crippen molar-refractivity contribution in [2.24, 2.45) is 0 Å². The van der Waals surface area contributed by atoms with Crippen molar-refractivity contribution in [3.05, 3.63) is 53.2 Å². The van der Waals surface area contributed by atoms with Crippen LogP contribution in [0.15, 0.2) is 30.5 Å². The summed E-state index contributed by atoms with van der Waals surface area (Å²) in [5.74, 6) is -4.01. The van der Waals surface area contributed by atoms with Gasteiger partial charge in [0.15, 0.2) is 5.65 Å². The molecule has 0 bridgehead atoms. The van der Waals surface area contributed by atoms with Crippen molar-refractivity contribution >= 4 is 28.4 Å². The molecule has 1 amide bonds. The van der Waals surface area contributed by atoms with E-state index < -0.39 is 28.9 Å². The largest absolute Gasteiger partial charge is 0.384 e. The van der Waals surface area contributed by atoms with Crippen LogP contribution in [0.5, 0.6) is 0 Å². The Morgan fingerprint density at radius 3 is 2.46 bits per heavy atom. The maximum atomic E-state index is 15.3. The monoisotopic (exact) mass is 516 g/mol. The number of nitrogens with zero attached hydrogens (tertiary/aromatic N) is 5. The number of hydrogen-bond donors (Lipinski definition) is 2. The van der Waals surface area contributed by atoms with Gasteiger partial charge in [0.2, 0.25) is 5.91 Å². The number of rotatable bonds is 6. The number of halogens is 3. The quantitative estimate of drug-likeness (QED) is 0.508. The van der Waals surface area contributed by atoms with Crippen molar-refractivity contribution in [3.8, 4) is 0 Å². The molecule has 1 aliphatic heterocycles. The number of fused-ring (bicyclic) bond motifs is 1. The SMILES string of the molecule is CC(=O)N1CCN(c2cnc3nc(C)nc(NC(C)c4cccc(C(F)(F)C(C)(C)O)c4F)c3c2)CC1. The van der Waals surface area contributed by atoms with Crippen LogP contribution in [-0.2, 0) is 10.7 Å². The minimum atomic E-state index is -3.80. The van der Waals surface area contributed by atoms with E-state index in [-0.39, 0.29) is 11.5 Å². The summed E-state index contributed by atoms with van der Waals surface area (Å²) in [5, 5.41) is 13.7. The smallest absolute Gasteiger partial charge is 0.303 e. The standard InChI is InChI=1S/C26H31F3N6O2/c1-15(19-7-6-8-21(22(19)27)26(28,29)25(4,5)37)31-24-20-13-18(14-30-23(20)32-16(2)33-24)35-11-9-34(10-12-35)17(3)36/h6-8,13-15,37H,9-12H2,1-5H3,(H,30,31,32,33). The van der Waals surface area contributed by atoms with Gasteiger partial charge in [0.1, 0.15) is 23.1 Å². The number of hydrogen-bond acceptors (Lipinski definition) is 7. The van der Waals surface area contributed by atoms with Crippen molar-refractivity contribution in [3.63, 3.8) is 0 Å². The summed E-state index contributed by atoms with van der Waals surface area (Å²) in [6, 6.07) is 4.89. The van der Waals surface area contributed by atoms with E-state index in [0.29, 0.717) is 48.9 Å². The van der Waals surface area contributed by atoms with Gasteiger partial charge in [-0.05, 0) is 39.8 Å². The van der Waals surface area contributed by atoms with Crippen molar-refractivity contribution in [2.75, 3.05) is 36.4 Å². The number of benzene rings is 1. The maximum Gasteiger partial charge on any atom is 0.303 e. The normalized spacial score (nSPS) is 15.7. The first kappa shape index (κ1) is 26.6. The van der Waals surface area contributed by atoms with Crippen LogP contribution < -0.4 is 10.2 Å². The molecule has 1 atom stereocenters. The molecule has 0 saturated carbocycles. The fourth-order valence-corrected chi connectivity index (χ4v) is 4.41. The Morgan fingerprint density at radius 2 is 1.84 bits per heavy atom. The first-order valence-corrected chi connectivity index (χ1v) is 12.1. The van der Waals surface area contributed by atoms with Crippen molar-refractivity contribution in [1.29, 1.82) is 0 Å². The molecule has 4 rings (SSSR count). The average molecular weight is 517 g/mol. The zero-order valence-corrected chi connectivity index (χ0v) is 21.5. The highest BCUT2D eigenvalue weighted by atomic mass is 19.3. The summed E-state index contributed by atoms with van der Waals surface area (Å²) < 4.78 is 44.9. The van der Waals surface area contributed by atoms with E-state index in [1.807, 2.05) is 6.07 Å². The number of nitrogens with one attached hydrogen (secondary N) is 1. The average Bonchev–Trinajstić information content (AvgIpc) is 2.83. The lowest BCUT2D eigenvalue weighted by Gasteiger charge is -2.35. The Balaban J connectivity index is 1.66. The molecule has 0 aliphatic carbocycles. The lowest BCUT2D eigenvalue weighted by atomic mass is 9.91. The summed E-state index contributed by atoms with van der Waals surface area (Å²) in [6.07, 6.45) is 1.72. The van der Waals surface area contributed by atoms with Crippen molar-refractivity contribution in [2.45, 2.75) is 52.2 Å². The predicted octanol–water partition coefficient (Wildman–Crippen LogP) is 4.18. The van der Waals surface area contributed by atoms with Crippen LogP contribution in [-0.4, -0.2) is 62.6 Å². The summed E-state index contributed by atoms with van der Waals surface area (Å²) in [6.45, 7) is 9.29. The molecule has 2 N–H and O–H groups in total. The lowest BCUT2D eigenvalue weighted by molar-refractivity contribution is -0.170. The minimum Gasteiger partial charge on any atom is -0.384 e. The molecule has 1 fully saturated rings. The molecule has 1 unspecified atom stereocenters. The molecule has 198 valence electrons. The van der Waals surface area contributed by atoms with Gasteiger partial charge in [-0.2, -0.15) is 8.78 Å². The van der Waals surface area contributed by atoms with Gasteiger partial charge in [-0.15, -0.1) is 0 Å². The second kappa shape index (κ2) is 9.77. The number of aryl methyl sites for hydroxylation is 1. The summed E-state index contributed by atoms with van der Waals surface area (Å²) >= 11 is 0. The number of alkyl halides is 2. The van der Waals surface area contributed by atoms with Crippen LogP contribution in [0.25, 0.3) is 11.0 Å². The van der Waals surface area contributed by atoms with Crippen LogP contribution in [0.3, 0.4) is 0 Å². The number of anilines is 2. The van der Waals surface area contributed by atoms with Gasteiger partial charge in [0.05, 0.1) is 28.9 Å². The van der Waals surface area contributed by atoms with Crippen LogP contribution in [0.4, 0.5) is 24.7 Å². The van der Waals surface area contributed by atoms with Crippen LogP contribution in [0.1, 0.15) is 50.7 Å². The lowest BCUT2D eigenvalue weighted by Crippen LogP contribution is -2.48. The van der Waals surface area contributed by atoms with E-state index in [9.17, 15) is 18.7 Å². The number of amides is 1. The molecule has 8 nitrogen and oxygen atoms in total. The second-order valence-electron chi connectivity index (χ2n) is 9.89. The van der Waals surface area contributed by atoms with Crippen LogP contribution in [0, 0.1) is 12.7 Å². The number of aliphatic hydroxyl groups is 1. The summed E-state index contributed by atoms with van der Waals surface area (Å²) in [4.78, 5) is 28.9. The van der Waals surface area contributed by atoms with E-state index in [0.717, 1.165) is 25.6 Å². The van der Waals surface area contributed by atoms with Gasteiger partial charge in [-0.25, -0.2) is 19.3 Å². The first-order chi connectivity index (χ1) is 17.3. The molecule has 2 aromatic heterocycles. The Hall–Kier alpha value is -3.47. The molecular formula is C26H31F3N6O2. The number of pyridine rings is 1. The fourth-order valence-electron chi connectivity index (χ4n) is 4.41. The van der Waals surface area contributed by atoms with Gasteiger partial charge in [-0.3, -0.25) is 4.79 Å². The van der Waals surface area contributed by atoms with Gasteiger partial charge >= 0.3 is 5.92 Å². The van der Waals surface area contributed by atoms with Crippen molar-refractivity contribution < 1.29 is 23.1 Å². The molecule has 37 heavy (non-hydrogen) atoms. The van der Waals surface area contributed by atoms with E-state index in [2.05, 4.69) is 25.2 Å². The van der Waals surface area contributed by atoms with Gasteiger partial charge in [-0.1, -0.05) is 12.1 Å².